The summed E-state index contributed by atoms with van der Waals surface area (Å²) < 4.78 is 2.70. The van der Waals surface area contributed by atoms with E-state index < -0.39 is 10.2 Å². The molecule has 0 N–H and O–H groups in total. The van der Waals surface area contributed by atoms with Crippen LogP contribution in [0.4, 0.5) is 0 Å². The standard InChI is InChI=1S/C15H23NS/c1-4-14-7-9-15(10-8-14)13-17(2,3)16-11-5-6-12-16/h4,7-10H,1,5-6,11-13H2,2-3H3. The molecule has 2 rings (SSSR count). The second-order valence-corrected chi connectivity index (χ2v) is 8.97. The predicted molar refractivity (Wildman–Crippen MR) is 80.5 cm³/mol. The molecule has 0 saturated carbocycles. The van der Waals surface area contributed by atoms with E-state index in [9.17, 15) is 0 Å². The van der Waals surface area contributed by atoms with E-state index in [1.165, 1.54) is 42.8 Å². The van der Waals surface area contributed by atoms with Crippen molar-refractivity contribution in [2.45, 2.75) is 18.6 Å². The van der Waals surface area contributed by atoms with E-state index in [1.54, 1.807) is 0 Å². The molecule has 1 aliphatic rings. The van der Waals surface area contributed by atoms with Crippen molar-refractivity contribution >= 4 is 16.3 Å². The van der Waals surface area contributed by atoms with Crippen LogP contribution in [0.1, 0.15) is 24.0 Å². The molecule has 1 fully saturated rings. The summed E-state index contributed by atoms with van der Waals surface area (Å²) in [4.78, 5) is 0. The number of rotatable bonds is 4. The van der Waals surface area contributed by atoms with E-state index in [-0.39, 0.29) is 0 Å². The van der Waals surface area contributed by atoms with Crippen LogP contribution in [-0.2, 0) is 5.75 Å². The molecule has 0 spiro atoms. The van der Waals surface area contributed by atoms with Crippen LogP contribution in [0.2, 0.25) is 0 Å². The van der Waals surface area contributed by atoms with Gasteiger partial charge in [0.1, 0.15) is 0 Å². The summed E-state index contributed by atoms with van der Waals surface area (Å²) in [6.45, 7) is 6.39. The molecular formula is C15H23NS. The van der Waals surface area contributed by atoms with Crippen LogP contribution >= 0.6 is 10.2 Å². The van der Waals surface area contributed by atoms with E-state index in [4.69, 9.17) is 0 Å². The van der Waals surface area contributed by atoms with Crippen molar-refractivity contribution in [2.75, 3.05) is 25.6 Å². The lowest BCUT2D eigenvalue weighted by atomic mass is 10.1. The van der Waals surface area contributed by atoms with Crippen molar-refractivity contribution in [3.8, 4) is 0 Å². The predicted octanol–water partition coefficient (Wildman–Crippen LogP) is 3.90. The van der Waals surface area contributed by atoms with Crippen molar-refractivity contribution in [1.29, 1.82) is 0 Å². The second-order valence-electron chi connectivity index (χ2n) is 5.21. The van der Waals surface area contributed by atoms with E-state index in [1.807, 2.05) is 6.08 Å². The Balaban J connectivity index is 2.05. The lowest BCUT2D eigenvalue weighted by molar-refractivity contribution is 0.570. The van der Waals surface area contributed by atoms with Gasteiger partial charge in [-0.25, -0.2) is 0 Å². The van der Waals surface area contributed by atoms with Gasteiger partial charge in [0.2, 0.25) is 0 Å². The average Bonchev–Trinajstić information content (AvgIpc) is 2.84. The molecule has 1 heterocycles. The van der Waals surface area contributed by atoms with Gasteiger partial charge in [-0.1, -0.05) is 36.9 Å². The highest BCUT2D eigenvalue weighted by Gasteiger charge is 2.24. The lowest BCUT2D eigenvalue weighted by Gasteiger charge is -2.41. The zero-order chi connectivity index (χ0) is 12.3. The maximum absolute atomic E-state index is 3.80. The SMILES string of the molecule is C=Cc1ccc(CS(C)(C)N2CCCC2)cc1. The van der Waals surface area contributed by atoms with Crippen LogP contribution in [0, 0.1) is 0 Å². The molecule has 0 atom stereocenters. The molecule has 0 amide bonds. The van der Waals surface area contributed by atoms with E-state index in [0.29, 0.717) is 0 Å². The fourth-order valence-corrected chi connectivity index (χ4v) is 4.87. The molecule has 0 aromatic heterocycles. The highest BCUT2D eigenvalue weighted by molar-refractivity contribution is 8.30. The molecule has 94 valence electrons. The summed E-state index contributed by atoms with van der Waals surface area (Å²) in [6, 6.07) is 8.84. The van der Waals surface area contributed by atoms with Crippen LogP contribution in [0.25, 0.3) is 6.08 Å². The fourth-order valence-electron chi connectivity index (χ4n) is 2.43. The number of hydrogen-bond donors (Lipinski definition) is 0. The lowest BCUT2D eigenvalue weighted by Crippen LogP contribution is -2.24. The molecule has 0 bridgehead atoms. The van der Waals surface area contributed by atoms with Crippen molar-refractivity contribution in [1.82, 2.24) is 4.31 Å². The smallest absolute Gasteiger partial charge is 0.0139 e. The first-order chi connectivity index (χ1) is 8.12. The molecule has 1 saturated heterocycles. The zero-order valence-corrected chi connectivity index (χ0v) is 11.8. The maximum Gasteiger partial charge on any atom is 0.0139 e. The number of hydrogen-bond acceptors (Lipinski definition) is 1. The Morgan fingerprint density at radius 2 is 1.76 bits per heavy atom. The van der Waals surface area contributed by atoms with Gasteiger partial charge in [-0.15, -0.1) is 0 Å². The third kappa shape index (κ3) is 3.14. The molecular weight excluding hydrogens is 226 g/mol. The summed E-state index contributed by atoms with van der Waals surface area (Å²) in [5.41, 5.74) is 2.67. The van der Waals surface area contributed by atoms with E-state index >= 15 is 0 Å². The van der Waals surface area contributed by atoms with Crippen LogP contribution < -0.4 is 0 Å². The number of nitrogens with zero attached hydrogens (tertiary/aromatic N) is 1. The van der Waals surface area contributed by atoms with Gasteiger partial charge in [0.25, 0.3) is 0 Å². The molecule has 2 heteroatoms. The Hall–Kier alpha value is -0.730. The van der Waals surface area contributed by atoms with E-state index in [2.05, 4.69) is 47.7 Å². The molecule has 1 aliphatic heterocycles. The molecule has 0 aliphatic carbocycles. The third-order valence-corrected chi connectivity index (χ3v) is 6.30. The van der Waals surface area contributed by atoms with Gasteiger partial charge in [0.15, 0.2) is 0 Å². The van der Waals surface area contributed by atoms with Crippen molar-refractivity contribution in [2.24, 2.45) is 0 Å². The quantitative estimate of drug-likeness (QED) is 0.782. The average molecular weight is 249 g/mol. The molecule has 0 radical (unpaired) electrons. The first-order valence-electron chi connectivity index (χ1n) is 6.29. The van der Waals surface area contributed by atoms with Crippen LogP contribution in [0.3, 0.4) is 0 Å². The first-order valence-corrected chi connectivity index (χ1v) is 8.87. The summed E-state index contributed by atoms with van der Waals surface area (Å²) in [5.74, 6) is 1.21. The zero-order valence-electron chi connectivity index (χ0n) is 11.0. The van der Waals surface area contributed by atoms with Gasteiger partial charge in [0.05, 0.1) is 0 Å². The second kappa shape index (κ2) is 5.28. The molecule has 1 aromatic carbocycles. The topological polar surface area (TPSA) is 3.24 Å². The fraction of sp³-hybridized carbons (Fsp3) is 0.467. The van der Waals surface area contributed by atoms with Gasteiger partial charge in [0, 0.05) is 18.8 Å². The van der Waals surface area contributed by atoms with Crippen molar-refractivity contribution in [3.05, 3.63) is 42.0 Å². The van der Waals surface area contributed by atoms with Gasteiger partial charge >= 0.3 is 0 Å². The van der Waals surface area contributed by atoms with Crippen LogP contribution in [0.15, 0.2) is 30.8 Å². The summed E-state index contributed by atoms with van der Waals surface area (Å²) in [7, 11) is -0.625. The largest absolute Gasteiger partial charge is 0.268 e. The highest BCUT2D eigenvalue weighted by Crippen LogP contribution is 2.49. The Morgan fingerprint density at radius 3 is 2.29 bits per heavy atom. The summed E-state index contributed by atoms with van der Waals surface area (Å²) in [5, 5.41) is 0. The van der Waals surface area contributed by atoms with E-state index in [0.717, 1.165) is 0 Å². The van der Waals surface area contributed by atoms with Crippen molar-refractivity contribution < 1.29 is 0 Å². The monoisotopic (exact) mass is 249 g/mol. The molecule has 1 nitrogen and oxygen atoms in total. The van der Waals surface area contributed by atoms with Crippen LogP contribution in [-0.4, -0.2) is 29.9 Å². The van der Waals surface area contributed by atoms with Gasteiger partial charge in [-0.05, 0) is 36.5 Å². The maximum atomic E-state index is 3.80. The highest BCUT2D eigenvalue weighted by atomic mass is 32.3. The van der Waals surface area contributed by atoms with Gasteiger partial charge < -0.3 is 0 Å². The third-order valence-electron chi connectivity index (χ3n) is 3.50. The molecule has 1 aromatic rings. The molecule has 0 unspecified atom stereocenters. The minimum absolute atomic E-state index is 0.625. The number of benzene rings is 1. The minimum atomic E-state index is -0.625. The first kappa shape index (κ1) is 12.7. The Labute approximate surface area is 107 Å². The Morgan fingerprint density at radius 1 is 1.18 bits per heavy atom. The normalized spacial score (nSPS) is 18.2. The van der Waals surface area contributed by atoms with Gasteiger partial charge in [-0.2, -0.15) is 10.2 Å². The van der Waals surface area contributed by atoms with Crippen molar-refractivity contribution in [3.63, 3.8) is 0 Å². The molecule has 17 heavy (non-hydrogen) atoms. The summed E-state index contributed by atoms with van der Waals surface area (Å²) >= 11 is 0. The Kier molecular flexibility index (Phi) is 3.95. The Bertz CT molecular complexity index is 374. The minimum Gasteiger partial charge on any atom is -0.268 e. The van der Waals surface area contributed by atoms with Gasteiger partial charge in [-0.3, -0.25) is 4.31 Å². The summed E-state index contributed by atoms with van der Waals surface area (Å²) in [6.07, 6.45) is 9.55. The van der Waals surface area contributed by atoms with Crippen LogP contribution in [0.5, 0.6) is 0 Å².